The Morgan fingerprint density at radius 2 is 2.00 bits per heavy atom. The van der Waals surface area contributed by atoms with Crippen molar-refractivity contribution in [2.45, 2.75) is 11.8 Å². The van der Waals surface area contributed by atoms with Crippen LogP contribution in [0.1, 0.15) is 12.5 Å². The van der Waals surface area contributed by atoms with Crippen LogP contribution in [-0.2, 0) is 14.1 Å². The van der Waals surface area contributed by atoms with E-state index in [1.54, 1.807) is 6.92 Å². The Hall–Kier alpha value is -0.803. The van der Waals surface area contributed by atoms with Gasteiger partial charge in [0, 0.05) is 0 Å². The van der Waals surface area contributed by atoms with Crippen LogP contribution in [0.15, 0.2) is 30.3 Å². The Kier molecular flexibility index (Phi) is 3.11. The van der Waals surface area contributed by atoms with Crippen LogP contribution >= 0.6 is 11.6 Å². The van der Waals surface area contributed by atoms with Crippen LogP contribution in [0.4, 0.5) is 0 Å². The van der Waals surface area contributed by atoms with Crippen LogP contribution in [0.3, 0.4) is 0 Å². The summed E-state index contributed by atoms with van der Waals surface area (Å²) >= 11 is 6.06. The third kappa shape index (κ3) is 2.11. The molecule has 0 aliphatic carbocycles. The van der Waals surface area contributed by atoms with E-state index in [4.69, 9.17) is 16.0 Å². The van der Waals surface area contributed by atoms with Gasteiger partial charge in [0.1, 0.15) is 0 Å². The summed E-state index contributed by atoms with van der Waals surface area (Å²) in [6.07, 6.45) is 0. The highest BCUT2D eigenvalue weighted by atomic mass is 35.5. The lowest BCUT2D eigenvalue weighted by Crippen LogP contribution is -2.27. The van der Waals surface area contributed by atoms with Gasteiger partial charge >= 0.3 is 5.97 Å². The first-order valence-electron chi connectivity index (χ1n) is 3.92. The van der Waals surface area contributed by atoms with Crippen LogP contribution in [0.2, 0.25) is 0 Å². The van der Waals surface area contributed by atoms with Gasteiger partial charge in [-0.2, -0.15) is 0 Å². The zero-order valence-corrected chi connectivity index (χ0v) is 10.3. The Morgan fingerprint density at radius 1 is 1.46 bits per heavy atom. The standard InChI is InChI=1S/C9H11ClO2Si/c1-9(10,8(11)12-13)7-5-3-2-4-6-7/h2-6H,1,13H3. The average molecular weight is 215 g/mol. The molecule has 0 aliphatic rings. The second-order valence-electron chi connectivity index (χ2n) is 2.86. The predicted molar refractivity (Wildman–Crippen MR) is 55.7 cm³/mol. The van der Waals surface area contributed by atoms with E-state index in [1.807, 2.05) is 30.3 Å². The molecule has 0 spiro atoms. The lowest BCUT2D eigenvalue weighted by atomic mass is 10.0. The van der Waals surface area contributed by atoms with Gasteiger partial charge in [0.2, 0.25) is 10.5 Å². The molecular weight excluding hydrogens is 204 g/mol. The van der Waals surface area contributed by atoms with Crippen molar-refractivity contribution in [1.29, 1.82) is 0 Å². The smallest absolute Gasteiger partial charge is 0.317 e. The monoisotopic (exact) mass is 214 g/mol. The molecule has 0 amide bonds. The molecule has 1 aromatic rings. The van der Waals surface area contributed by atoms with E-state index in [-0.39, 0.29) is 5.97 Å². The molecule has 4 heteroatoms. The Balaban J connectivity index is 3.00. The molecule has 0 heterocycles. The van der Waals surface area contributed by atoms with Gasteiger partial charge in [0.25, 0.3) is 0 Å². The minimum Gasteiger partial charge on any atom is -0.527 e. The van der Waals surface area contributed by atoms with E-state index in [9.17, 15) is 4.79 Å². The Labute approximate surface area is 85.4 Å². The molecule has 0 radical (unpaired) electrons. The van der Waals surface area contributed by atoms with E-state index in [1.165, 1.54) is 0 Å². The van der Waals surface area contributed by atoms with Crippen molar-refractivity contribution in [3.8, 4) is 0 Å². The third-order valence-corrected chi connectivity index (χ3v) is 2.63. The van der Waals surface area contributed by atoms with Crippen LogP contribution in [-0.4, -0.2) is 16.5 Å². The number of carbonyl (C=O) groups excluding carboxylic acids is 1. The molecule has 2 nitrogen and oxygen atoms in total. The minimum absolute atomic E-state index is 0.371. The number of hydrogen-bond acceptors (Lipinski definition) is 2. The topological polar surface area (TPSA) is 26.3 Å². The minimum atomic E-state index is -1.05. The molecule has 1 aromatic carbocycles. The molecule has 1 unspecified atom stereocenters. The molecule has 70 valence electrons. The summed E-state index contributed by atoms with van der Waals surface area (Å²) in [4.78, 5) is 10.3. The molecule has 0 aromatic heterocycles. The first-order valence-corrected chi connectivity index (χ1v) is 5.11. The molecule has 13 heavy (non-hydrogen) atoms. The fourth-order valence-electron chi connectivity index (χ4n) is 1.06. The molecule has 0 saturated carbocycles. The number of hydrogen-bond donors (Lipinski definition) is 0. The van der Waals surface area contributed by atoms with Crippen molar-refractivity contribution in [2.75, 3.05) is 0 Å². The van der Waals surface area contributed by atoms with Gasteiger partial charge in [-0.15, -0.1) is 11.6 Å². The summed E-state index contributed by atoms with van der Waals surface area (Å²) in [6.45, 7) is 1.64. The summed E-state index contributed by atoms with van der Waals surface area (Å²) < 4.78 is 4.74. The van der Waals surface area contributed by atoms with Crippen molar-refractivity contribution >= 4 is 28.1 Å². The average Bonchev–Trinajstić information content (AvgIpc) is 2.18. The normalized spacial score (nSPS) is 14.9. The number of halogens is 1. The van der Waals surface area contributed by atoms with Gasteiger partial charge in [0.05, 0.1) is 0 Å². The second kappa shape index (κ2) is 3.94. The number of carbonyl (C=O) groups is 1. The van der Waals surface area contributed by atoms with E-state index in [2.05, 4.69) is 0 Å². The van der Waals surface area contributed by atoms with Gasteiger partial charge < -0.3 is 4.43 Å². The number of alkyl halides is 1. The largest absolute Gasteiger partial charge is 0.527 e. The second-order valence-corrected chi connectivity index (χ2v) is 4.02. The predicted octanol–water partition coefficient (Wildman–Crippen LogP) is 0.964. The Bertz CT molecular complexity index is 298. The molecule has 0 saturated heterocycles. The molecule has 1 rings (SSSR count). The van der Waals surface area contributed by atoms with Gasteiger partial charge in [-0.3, -0.25) is 4.79 Å². The molecule has 0 bridgehead atoms. The van der Waals surface area contributed by atoms with E-state index in [0.29, 0.717) is 10.5 Å². The molecule has 0 N–H and O–H groups in total. The van der Waals surface area contributed by atoms with Crippen LogP contribution < -0.4 is 0 Å². The summed E-state index contributed by atoms with van der Waals surface area (Å²) in [5.74, 6) is -0.382. The summed E-state index contributed by atoms with van der Waals surface area (Å²) in [7, 11) is 0.371. The van der Waals surface area contributed by atoms with E-state index in [0.717, 1.165) is 5.56 Å². The Morgan fingerprint density at radius 3 is 2.46 bits per heavy atom. The maximum absolute atomic E-state index is 11.3. The van der Waals surface area contributed by atoms with Gasteiger partial charge in [-0.25, -0.2) is 0 Å². The number of benzene rings is 1. The third-order valence-electron chi connectivity index (χ3n) is 1.88. The fraction of sp³-hybridized carbons (Fsp3) is 0.222. The SMILES string of the molecule is CC(Cl)(C(=O)O[SiH3])c1ccccc1. The molecule has 0 fully saturated rings. The van der Waals surface area contributed by atoms with Crippen molar-refractivity contribution in [2.24, 2.45) is 0 Å². The zero-order chi connectivity index (χ0) is 9.90. The van der Waals surface area contributed by atoms with Crippen LogP contribution in [0.25, 0.3) is 0 Å². The van der Waals surface area contributed by atoms with E-state index < -0.39 is 4.87 Å². The van der Waals surface area contributed by atoms with Crippen molar-refractivity contribution < 1.29 is 9.22 Å². The maximum Gasteiger partial charge on any atom is 0.317 e. The van der Waals surface area contributed by atoms with Crippen molar-refractivity contribution in [3.63, 3.8) is 0 Å². The summed E-state index contributed by atoms with van der Waals surface area (Å²) in [6, 6.07) is 9.19. The van der Waals surface area contributed by atoms with Crippen molar-refractivity contribution in [1.82, 2.24) is 0 Å². The van der Waals surface area contributed by atoms with Crippen molar-refractivity contribution in [3.05, 3.63) is 35.9 Å². The first kappa shape index (κ1) is 10.3. The highest BCUT2D eigenvalue weighted by Gasteiger charge is 2.32. The lowest BCUT2D eigenvalue weighted by Gasteiger charge is -2.19. The number of rotatable bonds is 2. The summed E-state index contributed by atoms with van der Waals surface area (Å²) in [5.41, 5.74) is 0.762. The lowest BCUT2D eigenvalue weighted by molar-refractivity contribution is -0.136. The highest BCUT2D eigenvalue weighted by Crippen LogP contribution is 2.29. The molecular formula is C9H11ClO2Si. The maximum atomic E-state index is 11.3. The van der Waals surface area contributed by atoms with Gasteiger partial charge in [-0.05, 0) is 12.5 Å². The van der Waals surface area contributed by atoms with Crippen LogP contribution in [0, 0.1) is 0 Å². The molecule has 0 aliphatic heterocycles. The zero-order valence-electron chi connectivity index (χ0n) is 7.58. The van der Waals surface area contributed by atoms with Gasteiger partial charge in [0.15, 0.2) is 4.87 Å². The molecule has 1 atom stereocenters. The van der Waals surface area contributed by atoms with Gasteiger partial charge in [-0.1, -0.05) is 30.3 Å². The first-order chi connectivity index (χ1) is 6.09. The quantitative estimate of drug-likeness (QED) is 0.542. The summed E-state index contributed by atoms with van der Waals surface area (Å²) in [5, 5.41) is 0. The highest BCUT2D eigenvalue weighted by molar-refractivity contribution is 6.34. The van der Waals surface area contributed by atoms with Crippen LogP contribution in [0.5, 0.6) is 0 Å². The van der Waals surface area contributed by atoms with E-state index >= 15 is 0 Å². The fourth-order valence-corrected chi connectivity index (χ4v) is 1.80.